The minimum atomic E-state index is -3.77. The van der Waals surface area contributed by atoms with Gasteiger partial charge in [-0.05, 0) is 25.5 Å². The van der Waals surface area contributed by atoms with Crippen LogP contribution >= 0.6 is 23.2 Å². The molecule has 0 spiro atoms. The van der Waals surface area contributed by atoms with Gasteiger partial charge in [-0.25, -0.2) is 13.1 Å². The highest BCUT2D eigenvalue weighted by atomic mass is 35.5. The van der Waals surface area contributed by atoms with E-state index in [0.717, 1.165) is 6.42 Å². The molecule has 1 aromatic carbocycles. The quantitative estimate of drug-likeness (QED) is 0.825. The Bertz CT molecular complexity index is 584. The number of rotatable bonds is 4. The lowest BCUT2D eigenvalue weighted by Gasteiger charge is -2.16. The molecule has 1 aliphatic rings. The van der Waals surface area contributed by atoms with Gasteiger partial charge in [-0.2, -0.15) is 0 Å². The Hall–Kier alpha value is -0.530. The van der Waals surface area contributed by atoms with Crippen LogP contribution in [-0.4, -0.2) is 27.7 Å². The summed E-state index contributed by atoms with van der Waals surface area (Å²) in [7, 11) is -3.77. The summed E-state index contributed by atoms with van der Waals surface area (Å²) >= 11 is 11.9. The second-order valence-electron chi connectivity index (χ2n) is 4.79. The molecule has 1 aliphatic heterocycles. The van der Waals surface area contributed by atoms with Crippen LogP contribution in [0.1, 0.15) is 13.3 Å². The number of nitrogens with two attached hydrogens (primary N) is 1. The van der Waals surface area contributed by atoms with Crippen molar-refractivity contribution in [3.63, 3.8) is 0 Å². The first kappa shape index (κ1) is 15.9. The Labute approximate surface area is 128 Å². The van der Waals surface area contributed by atoms with Crippen LogP contribution in [-0.2, 0) is 14.8 Å². The summed E-state index contributed by atoms with van der Waals surface area (Å²) in [6, 6.07) is 2.73. The molecule has 8 heteroatoms. The van der Waals surface area contributed by atoms with Crippen LogP contribution in [0.3, 0.4) is 0 Å². The van der Waals surface area contributed by atoms with Gasteiger partial charge in [0.25, 0.3) is 0 Å². The van der Waals surface area contributed by atoms with Gasteiger partial charge in [-0.3, -0.25) is 0 Å². The summed E-state index contributed by atoms with van der Waals surface area (Å²) < 4.78 is 32.5. The smallest absolute Gasteiger partial charge is 0.243 e. The third-order valence-electron chi connectivity index (χ3n) is 3.36. The molecular formula is C12H16Cl2N2O3S. The first-order chi connectivity index (χ1) is 9.31. The molecule has 0 bridgehead atoms. The van der Waals surface area contributed by atoms with Crippen LogP contribution in [0.15, 0.2) is 17.0 Å². The molecule has 1 saturated heterocycles. The maximum atomic E-state index is 12.3. The molecule has 1 aromatic rings. The third kappa shape index (κ3) is 3.38. The average molecular weight is 339 g/mol. The van der Waals surface area contributed by atoms with Crippen LogP contribution in [0.25, 0.3) is 0 Å². The summed E-state index contributed by atoms with van der Waals surface area (Å²) in [5.74, 6) is 0.149. The maximum Gasteiger partial charge on any atom is 0.243 e. The Balaban J connectivity index is 2.18. The predicted octanol–water partition coefficient (Wildman–Crippen LogP) is 2.28. The number of nitrogens with one attached hydrogen (secondary N) is 1. The number of ether oxygens (including phenoxy) is 1. The van der Waals surface area contributed by atoms with Gasteiger partial charge in [-0.1, -0.05) is 23.2 Å². The largest absolute Gasteiger partial charge is 0.399 e. The molecule has 0 amide bonds. The number of hydrogen-bond donors (Lipinski definition) is 2. The van der Waals surface area contributed by atoms with Crippen molar-refractivity contribution in [3.8, 4) is 0 Å². The first-order valence-corrected chi connectivity index (χ1v) is 8.41. The fourth-order valence-electron chi connectivity index (χ4n) is 2.17. The highest BCUT2D eigenvalue weighted by molar-refractivity contribution is 7.89. The molecule has 0 aliphatic carbocycles. The number of nitrogen functional groups attached to an aromatic ring is 1. The minimum Gasteiger partial charge on any atom is -0.399 e. The van der Waals surface area contributed by atoms with Gasteiger partial charge in [-0.15, -0.1) is 0 Å². The zero-order chi connectivity index (χ0) is 14.9. The number of sulfonamides is 1. The second-order valence-corrected chi connectivity index (χ2v) is 7.31. The zero-order valence-electron chi connectivity index (χ0n) is 10.9. The van der Waals surface area contributed by atoms with Crippen LogP contribution in [0.4, 0.5) is 5.69 Å². The lowest BCUT2D eigenvalue weighted by Crippen LogP contribution is -2.32. The van der Waals surface area contributed by atoms with Crippen molar-refractivity contribution < 1.29 is 13.2 Å². The summed E-state index contributed by atoms with van der Waals surface area (Å²) in [6.07, 6.45) is 0.863. The van der Waals surface area contributed by atoms with E-state index in [1.165, 1.54) is 12.1 Å². The summed E-state index contributed by atoms with van der Waals surface area (Å²) in [4.78, 5) is -0.137. The Morgan fingerprint density at radius 3 is 2.50 bits per heavy atom. The van der Waals surface area contributed by atoms with Gasteiger partial charge in [0.1, 0.15) is 4.90 Å². The monoisotopic (exact) mass is 338 g/mol. The number of benzene rings is 1. The van der Waals surface area contributed by atoms with Crippen molar-refractivity contribution in [1.82, 2.24) is 4.72 Å². The van der Waals surface area contributed by atoms with E-state index in [-0.39, 0.29) is 27.0 Å². The van der Waals surface area contributed by atoms with Gasteiger partial charge < -0.3 is 10.5 Å². The van der Waals surface area contributed by atoms with E-state index < -0.39 is 10.0 Å². The standard InChI is InChI=1S/C12H16Cl2N2O3S/c1-7-8(2-3-19-7)6-16-20(17,18)12-10(13)4-9(15)5-11(12)14/h4-5,7-8,16H,2-3,6,15H2,1H3. The zero-order valence-corrected chi connectivity index (χ0v) is 13.2. The van der Waals surface area contributed by atoms with E-state index in [4.69, 9.17) is 33.7 Å². The van der Waals surface area contributed by atoms with Gasteiger partial charge in [0.2, 0.25) is 10.0 Å². The van der Waals surface area contributed by atoms with Gasteiger partial charge in [0.15, 0.2) is 0 Å². The van der Waals surface area contributed by atoms with E-state index in [9.17, 15) is 8.42 Å². The summed E-state index contributed by atoms with van der Waals surface area (Å²) in [5, 5.41) is 0.0245. The van der Waals surface area contributed by atoms with Crippen molar-refractivity contribution in [1.29, 1.82) is 0 Å². The van der Waals surface area contributed by atoms with E-state index in [1.54, 1.807) is 0 Å². The molecule has 20 heavy (non-hydrogen) atoms. The van der Waals surface area contributed by atoms with Gasteiger partial charge in [0, 0.05) is 24.8 Å². The fraction of sp³-hybridized carbons (Fsp3) is 0.500. The number of hydrogen-bond acceptors (Lipinski definition) is 4. The average Bonchev–Trinajstić information content (AvgIpc) is 2.70. The summed E-state index contributed by atoms with van der Waals surface area (Å²) in [6.45, 7) is 2.87. The molecule has 0 aromatic heterocycles. The van der Waals surface area contributed by atoms with Crippen LogP contribution < -0.4 is 10.5 Å². The van der Waals surface area contributed by atoms with Crippen LogP contribution in [0.2, 0.25) is 10.0 Å². The predicted molar refractivity (Wildman–Crippen MR) is 79.6 cm³/mol. The van der Waals surface area contributed by atoms with Gasteiger partial charge in [0.05, 0.1) is 16.1 Å². The summed E-state index contributed by atoms with van der Waals surface area (Å²) in [5.41, 5.74) is 5.88. The highest BCUT2D eigenvalue weighted by Crippen LogP contribution is 2.32. The first-order valence-electron chi connectivity index (χ1n) is 6.17. The molecule has 0 radical (unpaired) electrons. The van der Waals surface area contributed by atoms with Crippen molar-refractivity contribution >= 4 is 38.9 Å². The van der Waals surface area contributed by atoms with Crippen LogP contribution in [0, 0.1) is 5.92 Å². The van der Waals surface area contributed by atoms with Crippen molar-refractivity contribution in [3.05, 3.63) is 22.2 Å². The van der Waals surface area contributed by atoms with E-state index >= 15 is 0 Å². The number of halogens is 2. The van der Waals surface area contributed by atoms with Crippen molar-refractivity contribution in [2.75, 3.05) is 18.9 Å². The third-order valence-corrected chi connectivity index (χ3v) is 5.70. The lowest BCUT2D eigenvalue weighted by atomic mass is 10.0. The molecule has 112 valence electrons. The van der Waals surface area contributed by atoms with Crippen molar-refractivity contribution in [2.45, 2.75) is 24.3 Å². The minimum absolute atomic E-state index is 0.0122. The molecule has 2 unspecified atom stereocenters. The van der Waals surface area contributed by atoms with E-state index in [0.29, 0.717) is 18.8 Å². The SMILES string of the molecule is CC1OCCC1CNS(=O)(=O)c1c(Cl)cc(N)cc1Cl. The molecule has 5 nitrogen and oxygen atoms in total. The molecular weight excluding hydrogens is 323 g/mol. The van der Waals surface area contributed by atoms with Crippen molar-refractivity contribution in [2.24, 2.45) is 5.92 Å². The van der Waals surface area contributed by atoms with Gasteiger partial charge >= 0.3 is 0 Å². The Morgan fingerprint density at radius 2 is 2.00 bits per heavy atom. The Kier molecular flexibility index (Phi) is 4.81. The lowest BCUT2D eigenvalue weighted by molar-refractivity contribution is 0.107. The fourth-order valence-corrected chi connectivity index (χ4v) is 4.49. The normalized spacial score (nSPS) is 23.1. The topological polar surface area (TPSA) is 81.4 Å². The molecule has 1 heterocycles. The molecule has 2 atom stereocenters. The molecule has 2 rings (SSSR count). The molecule has 0 saturated carbocycles. The second kappa shape index (κ2) is 6.07. The van der Waals surface area contributed by atoms with E-state index in [1.807, 2.05) is 6.92 Å². The van der Waals surface area contributed by atoms with E-state index in [2.05, 4.69) is 4.72 Å². The number of anilines is 1. The highest BCUT2D eigenvalue weighted by Gasteiger charge is 2.28. The Morgan fingerprint density at radius 1 is 1.40 bits per heavy atom. The maximum absolute atomic E-state index is 12.3. The molecule has 1 fully saturated rings. The molecule has 3 N–H and O–H groups in total. The van der Waals surface area contributed by atoms with Crippen LogP contribution in [0.5, 0.6) is 0 Å².